The Morgan fingerprint density at radius 3 is 2.00 bits per heavy atom. The van der Waals surface area contributed by atoms with E-state index in [0.717, 1.165) is 43.3 Å². The highest BCUT2D eigenvalue weighted by Crippen LogP contribution is 2.31. The maximum absolute atomic E-state index is 12.1. The molecule has 0 aliphatic carbocycles. The Morgan fingerprint density at radius 2 is 1.45 bits per heavy atom. The molecule has 0 bridgehead atoms. The Balaban J connectivity index is 0.00000385. The van der Waals surface area contributed by atoms with Gasteiger partial charge in [-0.25, -0.2) is 0 Å². The largest absolute Gasteiger partial charge is 1.00 e. The molecule has 33 heavy (non-hydrogen) atoms. The lowest BCUT2D eigenvalue weighted by Gasteiger charge is -2.40. The van der Waals surface area contributed by atoms with Gasteiger partial charge in [0.1, 0.15) is 6.10 Å². The second-order valence-corrected chi connectivity index (χ2v) is 9.41. The lowest BCUT2D eigenvalue weighted by Crippen LogP contribution is -3.00. The SMILES string of the molecule is CCCCCCCC(=O)OC[N+]1(C)CCC(OC(c2ccccc2)c2ccccc2)CC1.[Cl-]. The minimum atomic E-state index is -0.0511. The number of benzene rings is 2. The molecule has 4 nitrogen and oxygen atoms in total. The molecular weight excluding hydrogens is 434 g/mol. The van der Waals surface area contributed by atoms with E-state index < -0.39 is 0 Å². The van der Waals surface area contributed by atoms with E-state index in [1.54, 1.807) is 0 Å². The number of piperidine rings is 1. The van der Waals surface area contributed by atoms with Crippen LogP contribution < -0.4 is 12.4 Å². The topological polar surface area (TPSA) is 35.5 Å². The second-order valence-electron chi connectivity index (χ2n) is 9.41. The smallest absolute Gasteiger partial charge is 0.310 e. The summed E-state index contributed by atoms with van der Waals surface area (Å²) in [7, 11) is 2.19. The molecule has 1 aliphatic rings. The van der Waals surface area contributed by atoms with Crippen LogP contribution in [0.1, 0.15) is 75.5 Å². The summed E-state index contributed by atoms with van der Waals surface area (Å²) in [5.74, 6) is -0.0487. The van der Waals surface area contributed by atoms with Crippen LogP contribution in [-0.4, -0.2) is 43.4 Å². The third-order valence-electron chi connectivity index (χ3n) is 6.54. The summed E-state index contributed by atoms with van der Waals surface area (Å²) in [5.41, 5.74) is 2.38. The first-order chi connectivity index (χ1) is 15.6. The summed E-state index contributed by atoms with van der Waals surface area (Å²) < 4.78 is 13.1. The number of carbonyl (C=O) groups is 1. The van der Waals surface area contributed by atoms with Crippen molar-refractivity contribution in [3.05, 3.63) is 71.8 Å². The summed E-state index contributed by atoms with van der Waals surface area (Å²) in [4.78, 5) is 12.1. The van der Waals surface area contributed by atoms with Gasteiger partial charge in [-0.15, -0.1) is 0 Å². The molecule has 2 aromatic carbocycles. The number of likely N-dealkylation sites (tertiary alicyclic amines) is 1. The van der Waals surface area contributed by atoms with Gasteiger partial charge < -0.3 is 21.9 Å². The molecule has 1 heterocycles. The second kappa shape index (κ2) is 14.4. The van der Waals surface area contributed by atoms with Crippen LogP contribution in [0.4, 0.5) is 0 Å². The molecule has 1 saturated heterocycles. The summed E-state index contributed by atoms with van der Waals surface area (Å²) in [5, 5.41) is 0. The van der Waals surface area contributed by atoms with E-state index in [2.05, 4.69) is 62.5 Å². The van der Waals surface area contributed by atoms with Crippen LogP contribution in [-0.2, 0) is 14.3 Å². The summed E-state index contributed by atoms with van der Waals surface area (Å²) >= 11 is 0. The Kier molecular flexibility index (Phi) is 11.9. The standard InChI is InChI=1S/C28H40NO3.ClH/c1-3-4-5-6-13-18-27(30)31-23-29(2)21-19-26(20-22-29)32-28(24-14-9-7-10-15-24)25-16-11-8-12-17-25;/h7-12,14-17,26,28H,3-6,13,18-23H2,1-2H3;1H/q+1;/p-1. The summed E-state index contributed by atoms with van der Waals surface area (Å²) in [6, 6.07) is 20.9. The molecule has 0 radical (unpaired) electrons. The average Bonchev–Trinajstić information content (AvgIpc) is 2.83. The predicted octanol–water partition coefficient (Wildman–Crippen LogP) is 3.27. The van der Waals surface area contributed by atoms with Crippen molar-refractivity contribution in [2.45, 2.75) is 70.5 Å². The minimum Gasteiger partial charge on any atom is -1.00 e. The summed E-state index contributed by atoms with van der Waals surface area (Å²) in [6.07, 6.45) is 8.41. The monoisotopic (exact) mass is 473 g/mol. The number of ether oxygens (including phenoxy) is 2. The predicted molar refractivity (Wildman–Crippen MR) is 129 cm³/mol. The van der Waals surface area contributed by atoms with Gasteiger partial charge in [-0.05, 0) is 17.5 Å². The van der Waals surface area contributed by atoms with Crippen molar-refractivity contribution in [3.8, 4) is 0 Å². The van der Waals surface area contributed by atoms with Crippen LogP contribution in [0.15, 0.2) is 60.7 Å². The molecule has 182 valence electrons. The van der Waals surface area contributed by atoms with E-state index in [1.165, 1.54) is 30.4 Å². The van der Waals surface area contributed by atoms with E-state index in [-0.39, 0.29) is 30.6 Å². The molecular formula is C28H40ClNO3. The highest BCUT2D eigenvalue weighted by molar-refractivity contribution is 5.69. The van der Waals surface area contributed by atoms with Crippen molar-refractivity contribution in [1.82, 2.24) is 0 Å². The van der Waals surface area contributed by atoms with Crippen LogP contribution in [0.25, 0.3) is 0 Å². The van der Waals surface area contributed by atoms with Gasteiger partial charge >= 0.3 is 5.97 Å². The number of hydrogen-bond donors (Lipinski definition) is 0. The van der Waals surface area contributed by atoms with Gasteiger partial charge in [-0.2, -0.15) is 0 Å². The number of esters is 1. The first-order valence-corrected chi connectivity index (χ1v) is 12.3. The number of rotatable bonds is 12. The summed E-state index contributed by atoms with van der Waals surface area (Å²) in [6.45, 7) is 4.60. The van der Waals surface area contributed by atoms with Crippen molar-refractivity contribution >= 4 is 5.97 Å². The molecule has 0 atom stereocenters. The van der Waals surface area contributed by atoms with E-state index >= 15 is 0 Å². The van der Waals surface area contributed by atoms with Crippen LogP contribution in [0.3, 0.4) is 0 Å². The maximum Gasteiger partial charge on any atom is 0.310 e. The van der Waals surface area contributed by atoms with Gasteiger partial charge in [0.15, 0.2) is 0 Å². The molecule has 0 unspecified atom stereocenters. The van der Waals surface area contributed by atoms with E-state index in [1.807, 2.05) is 12.1 Å². The van der Waals surface area contributed by atoms with E-state index in [0.29, 0.717) is 13.2 Å². The number of carbonyl (C=O) groups excluding carboxylic acids is 1. The van der Waals surface area contributed by atoms with Crippen LogP contribution in [0.2, 0.25) is 0 Å². The minimum absolute atomic E-state index is 0. The van der Waals surface area contributed by atoms with Gasteiger partial charge in [0, 0.05) is 19.3 Å². The van der Waals surface area contributed by atoms with Crippen molar-refractivity contribution in [3.63, 3.8) is 0 Å². The van der Waals surface area contributed by atoms with Crippen molar-refractivity contribution in [1.29, 1.82) is 0 Å². The number of halogens is 1. The third kappa shape index (κ3) is 9.11. The van der Waals surface area contributed by atoms with E-state index in [9.17, 15) is 4.79 Å². The Bertz CT molecular complexity index is 752. The Morgan fingerprint density at radius 1 is 0.909 bits per heavy atom. The first-order valence-electron chi connectivity index (χ1n) is 12.3. The van der Waals surface area contributed by atoms with Gasteiger partial charge in [0.2, 0.25) is 6.73 Å². The zero-order chi connectivity index (χ0) is 22.7. The lowest BCUT2D eigenvalue weighted by atomic mass is 10.00. The van der Waals surface area contributed by atoms with Crippen molar-refractivity contribution in [2.24, 2.45) is 0 Å². The van der Waals surface area contributed by atoms with Crippen LogP contribution in [0, 0.1) is 0 Å². The number of unbranched alkanes of at least 4 members (excludes halogenated alkanes) is 4. The average molecular weight is 474 g/mol. The zero-order valence-corrected chi connectivity index (χ0v) is 21.0. The molecule has 5 heteroatoms. The number of hydrogen-bond acceptors (Lipinski definition) is 3. The number of quaternary nitrogens is 1. The molecule has 0 N–H and O–H groups in total. The van der Waals surface area contributed by atoms with Crippen molar-refractivity contribution in [2.75, 3.05) is 26.9 Å². The highest BCUT2D eigenvalue weighted by Gasteiger charge is 2.33. The first kappa shape index (κ1) is 27.4. The van der Waals surface area contributed by atoms with Crippen LogP contribution in [0.5, 0.6) is 0 Å². The molecule has 1 aliphatic heterocycles. The fourth-order valence-electron chi connectivity index (χ4n) is 4.40. The molecule has 0 amide bonds. The Labute approximate surface area is 206 Å². The normalized spacial score (nSPS) is 20.3. The maximum atomic E-state index is 12.1. The van der Waals surface area contributed by atoms with E-state index in [4.69, 9.17) is 9.47 Å². The molecule has 1 fully saturated rings. The van der Waals surface area contributed by atoms with Crippen LogP contribution >= 0.6 is 0 Å². The number of nitrogens with zero attached hydrogens (tertiary/aromatic N) is 1. The fraction of sp³-hybridized carbons (Fsp3) is 0.536. The Hall–Kier alpha value is -1.88. The van der Waals surface area contributed by atoms with Crippen molar-refractivity contribution < 1.29 is 31.2 Å². The zero-order valence-electron chi connectivity index (χ0n) is 20.3. The molecule has 0 aromatic heterocycles. The molecule has 3 rings (SSSR count). The fourth-order valence-corrected chi connectivity index (χ4v) is 4.40. The molecule has 0 spiro atoms. The van der Waals surface area contributed by atoms with Gasteiger partial charge in [-0.1, -0.05) is 93.3 Å². The van der Waals surface area contributed by atoms with Gasteiger partial charge in [-0.3, -0.25) is 9.28 Å². The third-order valence-corrected chi connectivity index (χ3v) is 6.54. The van der Waals surface area contributed by atoms with Gasteiger partial charge in [0.05, 0.1) is 26.2 Å². The molecule has 2 aromatic rings. The quantitative estimate of drug-likeness (QED) is 0.269. The molecule has 0 saturated carbocycles. The van der Waals surface area contributed by atoms with Gasteiger partial charge in [0.25, 0.3) is 0 Å². The lowest BCUT2D eigenvalue weighted by molar-refractivity contribution is -0.931. The highest BCUT2D eigenvalue weighted by atomic mass is 35.5.